The van der Waals surface area contributed by atoms with Gasteiger partial charge in [0.1, 0.15) is 11.9 Å². The number of aryl methyl sites for hydroxylation is 1. The van der Waals surface area contributed by atoms with E-state index in [0.29, 0.717) is 12.1 Å². The maximum Gasteiger partial charge on any atom is 0.123 e. The highest BCUT2D eigenvalue weighted by molar-refractivity contribution is 7.99. The number of benzene rings is 1. The maximum absolute atomic E-state index is 5.98. The van der Waals surface area contributed by atoms with Crippen molar-refractivity contribution in [3.8, 4) is 5.75 Å². The Morgan fingerprint density at radius 3 is 3.22 bits per heavy atom. The lowest BCUT2D eigenvalue weighted by Crippen LogP contribution is -2.40. The molecule has 0 amide bonds. The van der Waals surface area contributed by atoms with Gasteiger partial charge in [0.25, 0.3) is 0 Å². The van der Waals surface area contributed by atoms with E-state index in [4.69, 9.17) is 4.74 Å². The second-order valence-corrected chi connectivity index (χ2v) is 6.53. The Balaban J connectivity index is 1.51. The molecule has 2 atom stereocenters. The van der Waals surface area contributed by atoms with Gasteiger partial charge in [-0.05, 0) is 37.1 Å². The third-order valence-corrected chi connectivity index (χ3v) is 4.97. The fourth-order valence-corrected chi connectivity index (χ4v) is 3.87. The van der Waals surface area contributed by atoms with Crippen LogP contribution in [0.25, 0.3) is 0 Å². The molecule has 18 heavy (non-hydrogen) atoms. The van der Waals surface area contributed by atoms with Gasteiger partial charge in [-0.1, -0.05) is 17.7 Å². The number of hydrogen-bond donors (Lipinski definition) is 1. The average molecular weight is 263 g/mol. The fraction of sp³-hybridized carbons (Fsp3) is 0.600. The van der Waals surface area contributed by atoms with E-state index in [1.54, 1.807) is 0 Å². The van der Waals surface area contributed by atoms with E-state index in [9.17, 15) is 0 Å². The van der Waals surface area contributed by atoms with Gasteiger partial charge in [-0.2, -0.15) is 11.8 Å². The summed E-state index contributed by atoms with van der Waals surface area (Å²) in [5.41, 5.74) is 2.70. The van der Waals surface area contributed by atoms with E-state index in [1.807, 2.05) is 0 Å². The van der Waals surface area contributed by atoms with Crippen LogP contribution in [0.1, 0.15) is 24.0 Å². The van der Waals surface area contributed by atoms with E-state index in [2.05, 4.69) is 42.2 Å². The van der Waals surface area contributed by atoms with Crippen molar-refractivity contribution >= 4 is 11.8 Å². The van der Waals surface area contributed by atoms with Crippen molar-refractivity contribution in [1.29, 1.82) is 0 Å². The third-order valence-electron chi connectivity index (χ3n) is 3.75. The summed E-state index contributed by atoms with van der Waals surface area (Å²) in [6.45, 7) is 3.13. The number of ether oxygens (including phenoxy) is 1. The van der Waals surface area contributed by atoms with Crippen molar-refractivity contribution in [1.82, 2.24) is 5.32 Å². The first-order valence-corrected chi connectivity index (χ1v) is 8.04. The Labute approximate surface area is 113 Å². The zero-order valence-electron chi connectivity index (χ0n) is 10.9. The predicted octanol–water partition coefficient (Wildman–Crippen LogP) is 2.78. The molecule has 0 aromatic heterocycles. The minimum Gasteiger partial charge on any atom is -0.488 e. The van der Waals surface area contributed by atoms with Crippen molar-refractivity contribution in [3.05, 3.63) is 29.3 Å². The first-order chi connectivity index (χ1) is 8.81. The quantitative estimate of drug-likeness (QED) is 0.906. The van der Waals surface area contributed by atoms with Crippen LogP contribution in [-0.2, 0) is 6.42 Å². The number of rotatable bonds is 3. The summed E-state index contributed by atoms with van der Waals surface area (Å²) in [7, 11) is 0. The van der Waals surface area contributed by atoms with Gasteiger partial charge < -0.3 is 10.1 Å². The molecule has 1 saturated heterocycles. The summed E-state index contributed by atoms with van der Waals surface area (Å²) in [5, 5.41) is 3.67. The molecule has 0 radical (unpaired) electrons. The molecule has 3 rings (SSSR count). The number of fused-ring (bicyclic) bond motifs is 1. The standard InChI is InChI=1S/C15H21NOS/c1-11-4-5-15-12(7-11)8-14(17-15)9-16-13-3-2-6-18-10-13/h4-5,7,13-14,16H,2-3,6,8-10H2,1H3. The van der Waals surface area contributed by atoms with Crippen LogP contribution in [0.2, 0.25) is 0 Å². The van der Waals surface area contributed by atoms with Crippen LogP contribution in [0.4, 0.5) is 0 Å². The zero-order valence-corrected chi connectivity index (χ0v) is 11.8. The Bertz CT molecular complexity index is 415. The molecule has 2 heterocycles. The van der Waals surface area contributed by atoms with Crippen molar-refractivity contribution in [3.63, 3.8) is 0 Å². The van der Waals surface area contributed by atoms with Gasteiger partial charge in [-0.25, -0.2) is 0 Å². The second kappa shape index (κ2) is 5.54. The van der Waals surface area contributed by atoms with Crippen LogP contribution >= 0.6 is 11.8 Å². The summed E-state index contributed by atoms with van der Waals surface area (Å²) >= 11 is 2.07. The highest BCUT2D eigenvalue weighted by atomic mass is 32.2. The van der Waals surface area contributed by atoms with Gasteiger partial charge >= 0.3 is 0 Å². The maximum atomic E-state index is 5.98. The van der Waals surface area contributed by atoms with Gasteiger partial charge in [0.05, 0.1) is 0 Å². The molecule has 1 aromatic carbocycles. The third kappa shape index (κ3) is 2.83. The van der Waals surface area contributed by atoms with Gasteiger partial charge in [0, 0.05) is 24.8 Å². The normalized spacial score (nSPS) is 26.7. The fourth-order valence-electron chi connectivity index (χ4n) is 2.76. The summed E-state index contributed by atoms with van der Waals surface area (Å²) in [4.78, 5) is 0. The number of nitrogens with one attached hydrogen (secondary N) is 1. The van der Waals surface area contributed by atoms with E-state index >= 15 is 0 Å². The van der Waals surface area contributed by atoms with Crippen molar-refractivity contribution < 1.29 is 4.74 Å². The minimum absolute atomic E-state index is 0.328. The summed E-state index contributed by atoms with van der Waals surface area (Å²) in [6, 6.07) is 7.19. The molecule has 0 aliphatic carbocycles. The minimum atomic E-state index is 0.328. The lowest BCUT2D eigenvalue weighted by Gasteiger charge is -2.24. The predicted molar refractivity (Wildman–Crippen MR) is 77.6 cm³/mol. The van der Waals surface area contributed by atoms with Crippen molar-refractivity contribution in [2.24, 2.45) is 0 Å². The molecule has 2 aliphatic rings. The lowest BCUT2D eigenvalue weighted by molar-refractivity contribution is 0.221. The highest BCUT2D eigenvalue weighted by Crippen LogP contribution is 2.29. The molecular weight excluding hydrogens is 242 g/mol. The van der Waals surface area contributed by atoms with Gasteiger partial charge in [-0.15, -0.1) is 0 Å². The summed E-state index contributed by atoms with van der Waals surface area (Å²) in [5.74, 6) is 3.69. The monoisotopic (exact) mass is 263 g/mol. The van der Waals surface area contributed by atoms with Crippen LogP contribution in [0.15, 0.2) is 18.2 Å². The molecule has 1 fully saturated rings. The first kappa shape index (κ1) is 12.4. The van der Waals surface area contributed by atoms with E-state index in [1.165, 1.54) is 35.5 Å². The van der Waals surface area contributed by atoms with Crippen molar-refractivity contribution in [2.45, 2.75) is 38.3 Å². The van der Waals surface area contributed by atoms with E-state index in [0.717, 1.165) is 18.7 Å². The Morgan fingerprint density at radius 1 is 1.44 bits per heavy atom. The Morgan fingerprint density at radius 2 is 2.39 bits per heavy atom. The first-order valence-electron chi connectivity index (χ1n) is 6.88. The average Bonchev–Trinajstić information content (AvgIpc) is 2.79. The molecule has 98 valence electrons. The molecule has 0 saturated carbocycles. The molecule has 0 bridgehead atoms. The van der Waals surface area contributed by atoms with Crippen LogP contribution in [0, 0.1) is 6.92 Å². The Hall–Kier alpha value is -0.670. The molecule has 1 N–H and O–H groups in total. The van der Waals surface area contributed by atoms with Gasteiger partial charge in [-0.3, -0.25) is 0 Å². The number of thioether (sulfide) groups is 1. The van der Waals surface area contributed by atoms with Crippen LogP contribution in [-0.4, -0.2) is 30.2 Å². The largest absolute Gasteiger partial charge is 0.488 e. The SMILES string of the molecule is Cc1ccc2c(c1)CC(CNC1CCCSC1)O2. The Kier molecular flexibility index (Phi) is 3.80. The molecular formula is C15H21NOS. The zero-order chi connectivity index (χ0) is 12.4. The summed E-state index contributed by atoms with van der Waals surface area (Å²) < 4.78 is 5.98. The molecule has 1 aromatic rings. The molecule has 3 heteroatoms. The lowest BCUT2D eigenvalue weighted by atomic mass is 10.1. The van der Waals surface area contributed by atoms with Gasteiger partial charge in [0.15, 0.2) is 0 Å². The highest BCUT2D eigenvalue weighted by Gasteiger charge is 2.23. The van der Waals surface area contributed by atoms with Crippen LogP contribution in [0.5, 0.6) is 5.75 Å². The molecule has 2 nitrogen and oxygen atoms in total. The molecule has 0 spiro atoms. The van der Waals surface area contributed by atoms with E-state index < -0.39 is 0 Å². The second-order valence-electron chi connectivity index (χ2n) is 5.38. The van der Waals surface area contributed by atoms with Crippen LogP contribution in [0.3, 0.4) is 0 Å². The summed E-state index contributed by atoms with van der Waals surface area (Å²) in [6.07, 6.45) is 4.07. The van der Waals surface area contributed by atoms with Crippen molar-refractivity contribution in [2.75, 3.05) is 18.1 Å². The van der Waals surface area contributed by atoms with Gasteiger partial charge in [0.2, 0.25) is 0 Å². The van der Waals surface area contributed by atoms with Crippen LogP contribution < -0.4 is 10.1 Å². The number of hydrogen-bond acceptors (Lipinski definition) is 3. The molecule has 2 unspecified atom stereocenters. The topological polar surface area (TPSA) is 21.3 Å². The van der Waals surface area contributed by atoms with E-state index in [-0.39, 0.29) is 0 Å². The smallest absolute Gasteiger partial charge is 0.123 e. The molecule has 2 aliphatic heterocycles.